The predicted molar refractivity (Wildman–Crippen MR) is 73.6 cm³/mol. The molecule has 0 aromatic carbocycles. The number of nitrogens with two attached hydrogens (primary N) is 1. The number of sulfonamides is 1. The lowest BCUT2D eigenvalue weighted by molar-refractivity contribution is 0.263. The van der Waals surface area contributed by atoms with Gasteiger partial charge < -0.3 is 0 Å². The average Bonchev–Trinajstić information content (AvgIpc) is 2.35. The smallest absolute Gasteiger partial charge is 0.243 e. The van der Waals surface area contributed by atoms with Gasteiger partial charge in [-0.1, -0.05) is 27.7 Å². The van der Waals surface area contributed by atoms with Crippen LogP contribution in [0.2, 0.25) is 0 Å². The Kier molecular flexibility index (Phi) is 4.83. The Hall–Kier alpha value is -1.25. The highest BCUT2D eigenvalue weighted by Gasteiger charge is 2.23. The van der Waals surface area contributed by atoms with Crippen LogP contribution in [0.3, 0.4) is 0 Å². The summed E-state index contributed by atoms with van der Waals surface area (Å²) in [5.74, 6) is 5.49. The largest absolute Gasteiger partial charge is 0.292 e. The van der Waals surface area contributed by atoms with Crippen LogP contribution in [-0.4, -0.2) is 24.9 Å². The number of hydrogen-bond acceptors (Lipinski definition) is 6. The Bertz CT molecular complexity index is 507. The average molecular weight is 287 g/mol. The molecule has 0 saturated heterocycles. The third-order valence-corrected chi connectivity index (χ3v) is 4.50. The summed E-state index contributed by atoms with van der Waals surface area (Å²) in [5, 5.41) is 0. The molecule has 1 unspecified atom stereocenters. The highest BCUT2D eigenvalue weighted by atomic mass is 32.2. The summed E-state index contributed by atoms with van der Waals surface area (Å²) in [6, 6.07) is 0. The summed E-state index contributed by atoms with van der Waals surface area (Å²) in [4.78, 5) is 7.57. The van der Waals surface area contributed by atoms with Crippen molar-refractivity contribution in [3.05, 3.63) is 12.4 Å². The molecular weight excluding hydrogens is 266 g/mol. The number of nitrogen functional groups attached to an aromatic ring is 1. The second-order valence-corrected chi connectivity index (χ2v) is 7.27. The molecule has 0 aliphatic rings. The van der Waals surface area contributed by atoms with E-state index in [-0.39, 0.29) is 22.2 Å². The van der Waals surface area contributed by atoms with E-state index in [1.54, 1.807) is 0 Å². The molecule has 1 aromatic rings. The van der Waals surface area contributed by atoms with Gasteiger partial charge in [0.2, 0.25) is 16.0 Å². The van der Waals surface area contributed by atoms with E-state index in [0.717, 1.165) is 0 Å². The normalized spacial score (nSPS) is 14.2. The monoisotopic (exact) mass is 287 g/mol. The third-order valence-electron chi connectivity index (χ3n) is 3.13. The Balaban J connectivity index is 2.76. The van der Waals surface area contributed by atoms with Gasteiger partial charge in [0.1, 0.15) is 4.90 Å². The van der Waals surface area contributed by atoms with Crippen LogP contribution in [0.4, 0.5) is 5.95 Å². The number of rotatable bonds is 5. The fourth-order valence-electron chi connectivity index (χ4n) is 1.15. The maximum atomic E-state index is 12.0. The summed E-state index contributed by atoms with van der Waals surface area (Å²) in [7, 11) is -3.58. The molecule has 0 fully saturated rings. The Morgan fingerprint density at radius 2 is 1.84 bits per heavy atom. The van der Waals surface area contributed by atoms with Crippen molar-refractivity contribution < 1.29 is 8.42 Å². The minimum Gasteiger partial charge on any atom is -0.292 e. The molecule has 1 aromatic heterocycles. The summed E-state index contributed by atoms with van der Waals surface area (Å²) in [5.41, 5.74) is 2.27. The summed E-state index contributed by atoms with van der Waals surface area (Å²) in [6.07, 6.45) is 2.43. The molecule has 19 heavy (non-hydrogen) atoms. The fraction of sp³-hybridized carbons (Fsp3) is 0.636. The van der Waals surface area contributed by atoms with E-state index in [2.05, 4.69) is 40.9 Å². The molecular formula is C11H21N5O2S. The number of aromatic nitrogens is 2. The number of hydrazine groups is 1. The number of anilines is 1. The van der Waals surface area contributed by atoms with Crippen LogP contribution in [0.15, 0.2) is 17.3 Å². The van der Waals surface area contributed by atoms with Gasteiger partial charge in [0, 0.05) is 6.54 Å². The first kappa shape index (κ1) is 15.8. The van der Waals surface area contributed by atoms with Gasteiger partial charge in [-0.25, -0.2) is 29.0 Å². The van der Waals surface area contributed by atoms with E-state index in [1.165, 1.54) is 12.4 Å². The van der Waals surface area contributed by atoms with E-state index in [4.69, 9.17) is 5.84 Å². The number of hydrogen-bond donors (Lipinski definition) is 3. The Morgan fingerprint density at radius 3 is 2.26 bits per heavy atom. The Labute approximate surface area is 114 Å². The molecule has 0 spiro atoms. The van der Waals surface area contributed by atoms with E-state index < -0.39 is 10.0 Å². The van der Waals surface area contributed by atoms with Gasteiger partial charge in [-0.2, -0.15) is 0 Å². The second kappa shape index (κ2) is 5.81. The maximum Gasteiger partial charge on any atom is 0.243 e. The molecule has 7 nitrogen and oxygen atoms in total. The van der Waals surface area contributed by atoms with E-state index in [9.17, 15) is 8.42 Å². The first-order valence-corrected chi connectivity index (χ1v) is 7.43. The SMILES string of the molecule is CC(CNS(=O)(=O)c1cnc(NN)nc1)C(C)(C)C. The molecule has 0 bridgehead atoms. The first-order chi connectivity index (χ1) is 8.66. The van der Waals surface area contributed by atoms with Crippen molar-refractivity contribution in [2.45, 2.75) is 32.6 Å². The van der Waals surface area contributed by atoms with Crippen molar-refractivity contribution in [1.29, 1.82) is 0 Å². The predicted octanol–water partition coefficient (Wildman–Crippen LogP) is 0.723. The van der Waals surface area contributed by atoms with Gasteiger partial charge in [0.15, 0.2) is 0 Å². The minimum absolute atomic E-state index is 0.0209. The molecule has 0 saturated carbocycles. The van der Waals surface area contributed by atoms with Crippen molar-refractivity contribution in [1.82, 2.24) is 14.7 Å². The quantitative estimate of drug-likeness (QED) is 0.544. The minimum atomic E-state index is -3.58. The highest BCUT2D eigenvalue weighted by Crippen LogP contribution is 2.24. The van der Waals surface area contributed by atoms with Gasteiger partial charge in [-0.15, -0.1) is 0 Å². The molecule has 0 amide bonds. The van der Waals surface area contributed by atoms with Gasteiger partial charge in [0.05, 0.1) is 12.4 Å². The van der Waals surface area contributed by atoms with Crippen molar-refractivity contribution in [2.24, 2.45) is 17.2 Å². The number of nitrogens with one attached hydrogen (secondary N) is 2. The zero-order valence-corrected chi connectivity index (χ0v) is 12.5. The molecule has 1 heterocycles. The van der Waals surface area contributed by atoms with Crippen molar-refractivity contribution in [2.75, 3.05) is 12.0 Å². The molecule has 0 aliphatic heterocycles. The molecule has 108 valence electrons. The van der Waals surface area contributed by atoms with Gasteiger partial charge in [-0.3, -0.25) is 5.43 Å². The lowest BCUT2D eigenvalue weighted by Gasteiger charge is -2.27. The molecule has 1 atom stereocenters. The van der Waals surface area contributed by atoms with Gasteiger partial charge >= 0.3 is 0 Å². The Morgan fingerprint density at radius 1 is 1.32 bits per heavy atom. The summed E-state index contributed by atoms with van der Waals surface area (Å²) in [6.45, 7) is 8.56. The fourth-order valence-corrected chi connectivity index (χ4v) is 2.17. The van der Waals surface area contributed by atoms with E-state index in [0.29, 0.717) is 6.54 Å². The lowest BCUT2D eigenvalue weighted by atomic mass is 9.82. The highest BCUT2D eigenvalue weighted by molar-refractivity contribution is 7.89. The van der Waals surface area contributed by atoms with Crippen LogP contribution < -0.4 is 16.0 Å². The first-order valence-electron chi connectivity index (χ1n) is 5.95. The zero-order chi connectivity index (χ0) is 14.7. The molecule has 8 heteroatoms. The van der Waals surface area contributed by atoms with Crippen molar-refractivity contribution in [3.8, 4) is 0 Å². The molecule has 1 rings (SSSR count). The lowest BCUT2D eigenvalue weighted by Crippen LogP contribution is -2.33. The van der Waals surface area contributed by atoms with Crippen LogP contribution in [-0.2, 0) is 10.0 Å². The van der Waals surface area contributed by atoms with Crippen molar-refractivity contribution >= 4 is 16.0 Å². The standard InChI is InChI=1S/C11H21N5O2S/c1-8(11(2,3)4)5-15-19(17,18)9-6-13-10(16-12)14-7-9/h6-8,15H,5,12H2,1-4H3,(H,13,14,16). The van der Waals surface area contributed by atoms with Crippen LogP contribution in [0.25, 0.3) is 0 Å². The van der Waals surface area contributed by atoms with Crippen molar-refractivity contribution in [3.63, 3.8) is 0 Å². The van der Waals surface area contributed by atoms with E-state index >= 15 is 0 Å². The van der Waals surface area contributed by atoms with Crippen LogP contribution >= 0.6 is 0 Å². The van der Waals surface area contributed by atoms with Crippen LogP contribution in [0, 0.1) is 11.3 Å². The van der Waals surface area contributed by atoms with Crippen LogP contribution in [0.1, 0.15) is 27.7 Å². The number of nitrogens with zero attached hydrogens (tertiary/aromatic N) is 2. The third kappa shape index (κ3) is 4.41. The molecule has 0 radical (unpaired) electrons. The topological polar surface area (TPSA) is 110 Å². The maximum absolute atomic E-state index is 12.0. The summed E-state index contributed by atoms with van der Waals surface area (Å²) >= 11 is 0. The molecule has 4 N–H and O–H groups in total. The van der Waals surface area contributed by atoms with Gasteiger partial charge in [0.25, 0.3) is 0 Å². The van der Waals surface area contributed by atoms with Gasteiger partial charge in [-0.05, 0) is 11.3 Å². The summed E-state index contributed by atoms with van der Waals surface area (Å²) < 4.78 is 26.6. The molecule has 0 aliphatic carbocycles. The van der Waals surface area contributed by atoms with Crippen LogP contribution in [0.5, 0.6) is 0 Å². The second-order valence-electron chi connectivity index (χ2n) is 5.51. The van der Waals surface area contributed by atoms with E-state index in [1.807, 2.05) is 6.92 Å². The zero-order valence-electron chi connectivity index (χ0n) is 11.6.